The van der Waals surface area contributed by atoms with Crippen LogP contribution in [0.5, 0.6) is 0 Å². The van der Waals surface area contributed by atoms with Gasteiger partial charge in [0, 0.05) is 22.8 Å². The van der Waals surface area contributed by atoms with Crippen molar-refractivity contribution in [3.63, 3.8) is 0 Å². The molecule has 0 aliphatic rings. The van der Waals surface area contributed by atoms with Crippen LogP contribution in [-0.4, -0.2) is 15.6 Å². The van der Waals surface area contributed by atoms with Gasteiger partial charge in [-0.1, -0.05) is 22.9 Å². The van der Waals surface area contributed by atoms with Gasteiger partial charge in [0.25, 0.3) is 0 Å². The normalized spacial score (nSPS) is 10.6. The summed E-state index contributed by atoms with van der Waals surface area (Å²) < 4.78 is 2.78. The standard InChI is InChI=1S/C14H15BrN2O/c1-3-8-17-13(6-7-16-17)14(18)11-4-5-12(15)10(2)9-11/h4-7,9H,3,8H2,1-2H3. The molecule has 2 rings (SSSR count). The van der Waals surface area contributed by atoms with Crippen molar-refractivity contribution in [2.45, 2.75) is 26.8 Å². The summed E-state index contributed by atoms with van der Waals surface area (Å²) >= 11 is 3.44. The zero-order valence-electron chi connectivity index (χ0n) is 10.5. The summed E-state index contributed by atoms with van der Waals surface area (Å²) in [4.78, 5) is 12.4. The van der Waals surface area contributed by atoms with Crippen molar-refractivity contribution < 1.29 is 4.79 Å². The molecule has 0 aliphatic heterocycles. The minimum Gasteiger partial charge on any atom is -0.287 e. The molecule has 0 saturated heterocycles. The number of benzene rings is 1. The summed E-state index contributed by atoms with van der Waals surface area (Å²) in [6.07, 6.45) is 2.63. The molecule has 2 aromatic rings. The van der Waals surface area contributed by atoms with E-state index in [0.717, 1.165) is 23.0 Å². The van der Waals surface area contributed by atoms with E-state index in [1.165, 1.54) is 0 Å². The van der Waals surface area contributed by atoms with E-state index < -0.39 is 0 Å². The van der Waals surface area contributed by atoms with E-state index in [0.29, 0.717) is 11.3 Å². The quantitative estimate of drug-likeness (QED) is 0.809. The fraction of sp³-hybridized carbons (Fsp3) is 0.286. The molecule has 0 N–H and O–H groups in total. The van der Waals surface area contributed by atoms with Crippen LogP contribution in [0.4, 0.5) is 0 Å². The Morgan fingerprint density at radius 1 is 1.39 bits per heavy atom. The predicted molar refractivity (Wildman–Crippen MR) is 74.8 cm³/mol. The number of hydrogen-bond donors (Lipinski definition) is 0. The second kappa shape index (κ2) is 5.48. The lowest BCUT2D eigenvalue weighted by Crippen LogP contribution is -2.11. The molecule has 4 heteroatoms. The number of aryl methyl sites for hydroxylation is 2. The third kappa shape index (κ3) is 2.53. The average molecular weight is 307 g/mol. The van der Waals surface area contributed by atoms with Crippen LogP contribution in [0.15, 0.2) is 34.9 Å². The Labute approximate surface area is 115 Å². The van der Waals surface area contributed by atoms with Crippen LogP contribution in [0.2, 0.25) is 0 Å². The average Bonchev–Trinajstić information content (AvgIpc) is 2.80. The molecule has 0 radical (unpaired) electrons. The van der Waals surface area contributed by atoms with Gasteiger partial charge in [0.1, 0.15) is 5.69 Å². The number of hydrogen-bond acceptors (Lipinski definition) is 2. The molecule has 0 bridgehead atoms. The molecule has 3 nitrogen and oxygen atoms in total. The van der Waals surface area contributed by atoms with Gasteiger partial charge < -0.3 is 0 Å². The van der Waals surface area contributed by atoms with Crippen molar-refractivity contribution in [1.82, 2.24) is 9.78 Å². The molecule has 1 aromatic heterocycles. The fourth-order valence-corrected chi connectivity index (χ4v) is 2.10. The van der Waals surface area contributed by atoms with Gasteiger partial charge in [-0.05, 0) is 43.2 Å². The van der Waals surface area contributed by atoms with Gasteiger partial charge in [-0.2, -0.15) is 5.10 Å². The van der Waals surface area contributed by atoms with Crippen LogP contribution in [0, 0.1) is 6.92 Å². The van der Waals surface area contributed by atoms with E-state index in [4.69, 9.17) is 0 Å². The van der Waals surface area contributed by atoms with Crippen LogP contribution < -0.4 is 0 Å². The van der Waals surface area contributed by atoms with E-state index in [2.05, 4.69) is 28.0 Å². The largest absolute Gasteiger partial charge is 0.287 e. The summed E-state index contributed by atoms with van der Waals surface area (Å²) in [5.41, 5.74) is 2.41. The number of ketones is 1. The van der Waals surface area contributed by atoms with E-state index in [-0.39, 0.29) is 5.78 Å². The molecule has 0 saturated carbocycles. The lowest BCUT2D eigenvalue weighted by atomic mass is 10.1. The Hall–Kier alpha value is -1.42. The molecule has 18 heavy (non-hydrogen) atoms. The van der Waals surface area contributed by atoms with Crippen molar-refractivity contribution in [2.75, 3.05) is 0 Å². The molecule has 0 aliphatic carbocycles. The molecule has 0 fully saturated rings. The highest BCUT2D eigenvalue weighted by Crippen LogP contribution is 2.19. The van der Waals surface area contributed by atoms with Crippen LogP contribution in [-0.2, 0) is 6.54 Å². The van der Waals surface area contributed by atoms with Gasteiger partial charge >= 0.3 is 0 Å². The van der Waals surface area contributed by atoms with Crippen molar-refractivity contribution in [1.29, 1.82) is 0 Å². The van der Waals surface area contributed by atoms with Crippen molar-refractivity contribution >= 4 is 21.7 Å². The molecule has 1 heterocycles. The number of halogens is 1. The second-order valence-electron chi connectivity index (χ2n) is 4.23. The Morgan fingerprint density at radius 3 is 2.83 bits per heavy atom. The Kier molecular flexibility index (Phi) is 3.97. The first-order valence-corrected chi connectivity index (χ1v) is 6.75. The van der Waals surface area contributed by atoms with Gasteiger partial charge in [-0.15, -0.1) is 0 Å². The van der Waals surface area contributed by atoms with Gasteiger partial charge in [-0.25, -0.2) is 0 Å². The SMILES string of the molecule is CCCn1nccc1C(=O)c1ccc(Br)c(C)c1. The lowest BCUT2D eigenvalue weighted by molar-refractivity contribution is 0.102. The fourth-order valence-electron chi connectivity index (χ4n) is 1.85. The smallest absolute Gasteiger partial charge is 0.211 e. The number of carbonyl (C=O) groups excluding carboxylic acids is 1. The number of rotatable bonds is 4. The van der Waals surface area contributed by atoms with Crippen molar-refractivity contribution in [3.8, 4) is 0 Å². The summed E-state index contributed by atoms with van der Waals surface area (Å²) in [6, 6.07) is 7.41. The zero-order chi connectivity index (χ0) is 13.1. The van der Waals surface area contributed by atoms with E-state index in [1.54, 1.807) is 16.9 Å². The molecular formula is C14H15BrN2O. The van der Waals surface area contributed by atoms with Gasteiger partial charge in [0.15, 0.2) is 0 Å². The third-order valence-electron chi connectivity index (χ3n) is 2.80. The predicted octanol–water partition coefficient (Wildman–Crippen LogP) is 3.60. The first-order chi connectivity index (χ1) is 8.63. The first kappa shape index (κ1) is 13.0. The molecule has 1 aromatic carbocycles. The first-order valence-electron chi connectivity index (χ1n) is 5.96. The molecule has 94 valence electrons. The number of nitrogens with zero attached hydrogens (tertiary/aromatic N) is 2. The highest BCUT2D eigenvalue weighted by Gasteiger charge is 2.14. The number of carbonyl (C=O) groups is 1. The second-order valence-corrected chi connectivity index (χ2v) is 5.09. The van der Waals surface area contributed by atoms with Crippen molar-refractivity contribution in [3.05, 3.63) is 51.8 Å². The van der Waals surface area contributed by atoms with Crippen LogP contribution in [0.25, 0.3) is 0 Å². The Morgan fingerprint density at radius 2 is 2.17 bits per heavy atom. The van der Waals surface area contributed by atoms with E-state index in [1.807, 2.05) is 25.1 Å². The number of aromatic nitrogens is 2. The van der Waals surface area contributed by atoms with Crippen LogP contribution >= 0.6 is 15.9 Å². The maximum atomic E-state index is 12.4. The highest BCUT2D eigenvalue weighted by atomic mass is 79.9. The maximum Gasteiger partial charge on any atom is 0.211 e. The lowest BCUT2D eigenvalue weighted by Gasteiger charge is -2.06. The van der Waals surface area contributed by atoms with Gasteiger partial charge in [0.2, 0.25) is 5.78 Å². The molecule has 0 spiro atoms. The summed E-state index contributed by atoms with van der Waals surface area (Å²) in [6.45, 7) is 4.81. The Balaban J connectivity index is 2.35. The molecular weight excluding hydrogens is 292 g/mol. The maximum absolute atomic E-state index is 12.4. The third-order valence-corrected chi connectivity index (χ3v) is 3.69. The topological polar surface area (TPSA) is 34.9 Å². The Bertz CT molecular complexity index is 575. The molecule has 0 unspecified atom stereocenters. The molecule has 0 atom stereocenters. The summed E-state index contributed by atoms with van der Waals surface area (Å²) in [5, 5.41) is 4.18. The minimum absolute atomic E-state index is 0.0246. The highest BCUT2D eigenvalue weighted by molar-refractivity contribution is 9.10. The molecule has 0 amide bonds. The zero-order valence-corrected chi connectivity index (χ0v) is 12.1. The summed E-state index contributed by atoms with van der Waals surface area (Å²) in [5.74, 6) is 0.0246. The van der Waals surface area contributed by atoms with Gasteiger partial charge in [0.05, 0.1) is 0 Å². The van der Waals surface area contributed by atoms with Crippen LogP contribution in [0.3, 0.4) is 0 Å². The van der Waals surface area contributed by atoms with E-state index >= 15 is 0 Å². The summed E-state index contributed by atoms with van der Waals surface area (Å²) in [7, 11) is 0. The van der Waals surface area contributed by atoms with Crippen molar-refractivity contribution in [2.24, 2.45) is 0 Å². The minimum atomic E-state index is 0.0246. The van der Waals surface area contributed by atoms with Gasteiger partial charge in [-0.3, -0.25) is 9.48 Å². The monoisotopic (exact) mass is 306 g/mol. The van der Waals surface area contributed by atoms with Crippen LogP contribution in [0.1, 0.15) is 35.0 Å². The van der Waals surface area contributed by atoms with E-state index in [9.17, 15) is 4.79 Å².